The van der Waals surface area contributed by atoms with E-state index in [1.807, 2.05) is 24.3 Å². The highest BCUT2D eigenvalue weighted by Gasteiger charge is 2.06. The average Bonchev–Trinajstić information content (AvgIpc) is 2.40. The molecule has 0 unspecified atom stereocenters. The molecule has 0 bridgehead atoms. The van der Waals surface area contributed by atoms with Crippen LogP contribution in [0.2, 0.25) is 0 Å². The molecule has 98 valence electrons. The number of halogens is 1. The molecule has 2 aromatic rings. The van der Waals surface area contributed by atoms with Crippen LogP contribution in [-0.2, 0) is 4.74 Å². The van der Waals surface area contributed by atoms with Gasteiger partial charge >= 0.3 is 5.97 Å². The zero-order chi connectivity index (χ0) is 13.7. The number of hydrogen-bond acceptors (Lipinski definition) is 4. The Morgan fingerprint density at radius 1 is 1.37 bits per heavy atom. The van der Waals surface area contributed by atoms with Crippen molar-refractivity contribution in [1.29, 1.82) is 0 Å². The Bertz CT molecular complexity index is 570. The van der Waals surface area contributed by atoms with Gasteiger partial charge in [-0.05, 0) is 59.8 Å². The first-order valence-electron chi connectivity index (χ1n) is 5.85. The number of aromatic nitrogens is 1. The van der Waals surface area contributed by atoms with Gasteiger partial charge in [0.1, 0.15) is 5.82 Å². The molecule has 0 amide bonds. The molecule has 0 aliphatic rings. The maximum Gasteiger partial charge on any atom is 0.339 e. The van der Waals surface area contributed by atoms with Gasteiger partial charge in [0.15, 0.2) is 0 Å². The molecule has 1 heterocycles. The third kappa shape index (κ3) is 3.92. The normalized spacial score (nSPS) is 10.0. The van der Waals surface area contributed by atoms with E-state index < -0.39 is 0 Å². The summed E-state index contributed by atoms with van der Waals surface area (Å²) in [7, 11) is 0. The third-order valence-electron chi connectivity index (χ3n) is 2.37. The lowest BCUT2D eigenvalue weighted by Crippen LogP contribution is -2.05. The Morgan fingerprint density at radius 3 is 2.84 bits per heavy atom. The fraction of sp³-hybridized carbons (Fsp3) is 0.143. The lowest BCUT2D eigenvalue weighted by Gasteiger charge is -2.06. The Hall–Kier alpha value is -1.63. The van der Waals surface area contributed by atoms with E-state index in [1.54, 1.807) is 19.1 Å². The van der Waals surface area contributed by atoms with E-state index in [0.717, 1.165) is 9.26 Å². The Morgan fingerprint density at radius 2 is 2.21 bits per heavy atom. The van der Waals surface area contributed by atoms with Crippen molar-refractivity contribution in [2.75, 3.05) is 11.9 Å². The van der Waals surface area contributed by atoms with Crippen molar-refractivity contribution in [1.82, 2.24) is 4.98 Å². The average molecular weight is 368 g/mol. The van der Waals surface area contributed by atoms with Gasteiger partial charge in [-0.2, -0.15) is 0 Å². The van der Waals surface area contributed by atoms with Gasteiger partial charge in [0.25, 0.3) is 0 Å². The van der Waals surface area contributed by atoms with Crippen LogP contribution in [0.25, 0.3) is 0 Å². The summed E-state index contributed by atoms with van der Waals surface area (Å²) in [5, 5.41) is 3.17. The minimum Gasteiger partial charge on any atom is -0.462 e. The number of pyridine rings is 1. The summed E-state index contributed by atoms with van der Waals surface area (Å²) in [5.74, 6) is 0.339. The van der Waals surface area contributed by atoms with Gasteiger partial charge in [0, 0.05) is 15.5 Å². The van der Waals surface area contributed by atoms with E-state index >= 15 is 0 Å². The van der Waals surface area contributed by atoms with Crippen LogP contribution in [0, 0.1) is 3.57 Å². The van der Waals surface area contributed by atoms with Crippen LogP contribution in [0.5, 0.6) is 0 Å². The van der Waals surface area contributed by atoms with E-state index in [-0.39, 0.29) is 5.97 Å². The van der Waals surface area contributed by atoms with Crippen LogP contribution in [-0.4, -0.2) is 17.6 Å². The first kappa shape index (κ1) is 13.8. The molecule has 1 aromatic carbocycles. The second-order valence-corrected chi connectivity index (χ2v) is 5.03. The number of rotatable bonds is 4. The molecule has 0 aliphatic heterocycles. The molecule has 5 heteroatoms. The maximum atomic E-state index is 11.5. The molecular formula is C14H13IN2O2. The van der Waals surface area contributed by atoms with E-state index in [1.165, 1.54) is 6.20 Å². The minimum absolute atomic E-state index is 0.351. The number of carbonyl (C=O) groups is 1. The van der Waals surface area contributed by atoms with E-state index in [0.29, 0.717) is 18.0 Å². The molecule has 2 rings (SSSR count). The number of nitrogens with zero attached hydrogens (tertiary/aromatic N) is 1. The van der Waals surface area contributed by atoms with E-state index in [9.17, 15) is 4.79 Å². The first-order valence-corrected chi connectivity index (χ1v) is 6.92. The predicted octanol–water partition coefficient (Wildman–Crippen LogP) is 3.61. The molecule has 19 heavy (non-hydrogen) atoms. The number of esters is 1. The summed E-state index contributed by atoms with van der Waals surface area (Å²) in [6.45, 7) is 2.14. The molecular weight excluding hydrogens is 355 g/mol. The summed E-state index contributed by atoms with van der Waals surface area (Å²) in [4.78, 5) is 15.7. The van der Waals surface area contributed by atoms with Crippen molar-refractivity contribution in [2.24, 2.45) is 0 Å². The first-order chi connectivity index (χ1) is 9.19. The molecule has 0 saturated carbocycles. The monoisotopic (exact) mass is 368 g/mol. The standard InChI is InChI=1S/C14H13IN2O2/c1-2-19-14(18)10-6-7-13(16-9-10)17-12-5-3-4-11(15)8-12/h3-9H,2H2,1H3,(H,16,17). The molecule has 0 aliphatic carbocycles. The van der Waals surface area contributed by atoms with Crippen LogP contribution in [0.15, 0.2) is 42.6 Å². The summed E-state index contributed by atoms with van der Waals surface area (Å²) < 4.78 is 6.05. The highest BCUT2D eigenvalue weighted by molar-refractivity contribution is 14.1. The number of ether oxygens (including phenoxy) is 1. The van der Waals surface area contributed by atoms with Gasteiger partial charge in [-0.1, -0.05) is 6.07 Å². The number of anilines is 2. The van der Waals surface area contributed by atoms with E-state index in [2.05, 4.69) is 32.9 Å². The second-order valence-electron chi connectivity index (χ2n) is 3.79. The van der Waals surface area contributed by atoms with Gasteiger partial charge in [-0.15, -0.1) is 0 Å². The number of benzene rings is 1. The van der Waals surface area contributed by atoms with Crippen LogP contribution in [0.3, 0.4) is 0 Å². The molecule has 0 saturated heterocycles. The Balaban J connectivity index is 2.08. The molecule has 1 aromatic heterocycles. The largest absolute Gasteiger partial charge is 0.462 e. The van der Waals surface area contributed by atoms with Crippen molar-refractivity contribution in [3.8, 4) is 0 Å². The van der Waals surface area contributed by atoms with Gasteiger partial charge in [-0.25, -0.2) is 9.78 Å². The smallest absolute Gasteiger partial charge is 0.339 e. The predicted molar refractivity (Wildman–Crippen MR) is 82.6 cm³/mol. The number of nitrogens with one attached hydrogen (secondary N) is 1. The summed E-state index contributed by atoms with van der Waals surface area (Å²) in [6, 6.07) is 11.4. The summed E-state index contributed by atoms with van der Waals surface area (Å²) in [6.07, 6.45) is 1.51. The Labute approximate surface area is 125 Å². The van der Waals surface area contributed by atoms with Crippen molar-refractivity contribution < 1.29 is 9.53 Å². The number of carbonyl (C=O) groups excluding carboxylic acids is 1. The van der Waals surface area contributed by atoms with Crippen molar-refractivity contribution in [3.05, 3.63) is 51.7 Å². The Kier molecular flexibility index (Phi) is 4.73. The number of hydrogen-bond donors (Lipinski definition) is 1. The van der Waals surface area contributed by atoms with Gasteiger partial charge in [0.2, 0.25) is 0 Å². The maximum absolute atomic E-state index is 11.5. The molecule has 0 radical (unpaired) electrons. The zero-order valence-electron chi connectivity index (χ0n) is 10.4. The molecule has 0 fully saturated rings. The zero-order valence-corrected chi connectivity index (χ0v) is 12.5. The van der Waals surface area contributed by atoms with Crippen molar-refractivity contribution in [2.45, 2.75) is 6.92 Å². The van der Waals surface area contributed by atoms with Crippen LogP contribution >= 0.6 is 22.6 Å². The van der Waals surface area contributed by atoms with Crippen LogP contribution in [0.1, 0.15) is 17.3 Å². The quantitative estimate of drug-likeness (QED) is 0.662. The van der Waals surface area contributed by atoms with Crippen molar-refractivity contribution >= 4 is 40.1 Å². The molecule has 0 atom stereocenters. The lowest BCUT2D eigenvalue weighted by molar-refractivity contribution is 0.0526. The summed E-state index contributed by atoms with van der Waals surface area (Å²) in [5.41, 5.74) is 1.42. The fourth-order valence-electron chi connectivity index (χ4n) is 1.52. The van der Waals surface area contributed by atoms with Crippen LogP contribution in [0.4, 0.5) is 11.5 Å². The van der Waals surface area contributed by atoms with Gasteiger partial charge in [-0.3, -0.25) is 0 Å². The van der Waals surface area contributed by atoms with E-state index in [4.69, 9.17) is 4.74 Å². The molecule has 1 N–H and O–H groups in total. The minimum atomic E-state index is -0.351. The van der Waals surface area contributed by atoms with Crippen LogP contribution < -0.4 is 5.32 Å². The van der Waals surface area contributed by atoms with Gasteiger partial charge < -0.3 is 10.1 Å². The third-order valence-corrected chi connectivity index (χ3v) is 3.04. The molecule has 4 nitrogen and oxygen atoms in total. The highest BCUT2D eigenvalue weighted by atomic mass is 127. The molecule has 0 spiro atoms. The SMILES string of the molecule is CCOC(=O)c1ccc(Nc2cccc(I)c2)nc1. The second kappa shape index (κ2) is 6.51. The van der Waals surface area contributed by atoms with Crippen molar-refractivity contribution in [3.63, 3.8) is 0 Å². The van der Waals surface area contributed by atoms with Gasteiger partial charge in [0.05, 0.1) is 12.2 Å². The topological polar surface area (TPSA) is 51.2 Å². The fourth-order valence-corrected chi connectivity index (χ4v) is 2.06. The highest BCUT2D eigenvalue weighted by Crippen LogP contribution is 2.17. The lowest BCUT2D eigenvalue weighted by atomic mass is 10.3. The summed E-state index contributed by atoms with van der Waals surface area (Å²) >= 11 is 2.25.